The molecule has 1 saturated heterocycles. The third-order valence-corrected chi connectivity index (χ3v) is 4.53. The van der Waals surface area contributed by atoms with E-state index in [4.69, 9.17) is 4.74 Å². The first-order valence-electron chi connectivity index (χ1n) is 8.01. The highest BCUT2D eigenvalue weighted by molar-refractivity contribution is 5.59. The van der Waals surface area contributed by atoms with E-state index in [1.54, 1.807) is 0 Å². The van der Waals surface area contributed by atoms with Gasteiger partial charge in [0.05, 0.1) is 6.10 Å². The largest absolute Gasteiger partial charge is 0.378 e. The van der Waals surface area contributed by atoms with Gasteiger partial charge in [-0.15, -0.1) is 0 Å². The summed E-state index contributed by atoms with van der Waals surface area (Å²) in [5.41, 5.74) is 2.93. The average molecular weight is 274 g/mol. The lowest BCUT2D eigenvalue weighted by Gasteiger charge is -2.26. The summed E-state index contributed by atoms with van der Waals surface area (Å²) >= 11 is 0. The fraction of sp³-hybridized carbons (Fsp3) is 0.647. The maximum absolute atomic E-state index is 6.00. The molecule has 0 saturated carbocycles. The van der Waals surface area contributed by atoms with E-state index < -0.39 is 0 Å². The number of piperidine rings is 1. The molecule has 110 valence electrons. The van der Waals surface area contributed by atoms with Crippen LogP contribution < -0.4 is 10.2 Å². The van der Waals surface area contributed by atoms with Crippen molar-refractivity contribution in [2.24, 2.45) is 0 Å². The molecule has 0 radical (unpaired) electrons. The number of fused-ring (bicyclic) bond motifs is 1. The van der Waals surface area contributed by atoms with Gasteiger partial charge in [-0.05, 0) is 57.3 Å². The Morgan fingerprint density at radius 2 is 2.05 bits per heavy atom. The van der Waals surface area contributed by atoms with Crippen molar-refractivity contribution in [3.05, 3.63) is 29.8 Å². The van der Waals surface area contributed by atoms with E-state index in [0.717, 1.165) is 32.7 Å². The van der Waals surface area contributed by atoms with Gasteiger partial charge < -0.3 is 15.0 Å². The Kier molecular flexibility index (Phi) is 4.58. The molecule has 2 aliphatic rings. The Bertz CT molecular complexity index is 429. The quantitative estimate of drug-likeness (QED) is 0.835. The summed E-state index contributed by atoms with van der Waals surface area (Å²) in [5.74, 6) is 0. The van der Waals surface area contributed by atoms with Crippen LogP contribution in [0, 0.1) is 0 Å². The lowest BCUT2D eigenvalue weighted by Crippen LogP contribution is -2.34. The maximum Gasteiger partial charge on any atom is 0.0599 e. The van der Waals surface area contributed by atoms with E-state index in [-0.39, 0.29) is 0 Å². The van der Waals surface area contributed by atoms with Gasteiger partial charge in [0.25, 0.3) is 0 Å². The molecule has 1 unspecified atom stereocenters. The van der Waals surface area contributed by atoms with Gasteiger partial charge in [0, 0.05) is 24.9 Å². The molecule has 0 aromatic heterocycles. The summed E-state index contributed by atoms with van der Waals surface area (Å²) in [7, 11) is 0. The second-order valence-corrected chi connectivity index (χ2v) is 6.05. The number of para-hydroxylation sites is 1. The molecule has 3 heteroatoms. The number of benzene rings is 1. The second kappa shape index (κ2) is 6.59. The molecule has 1 aromatic rings. The number of nitrogens with one attached hydrogen (secondary N) is 1. The van der Waals surface area contributed by atoms with Crippen molar-refractivity contribution < 1.29 is 4.74 Å². The van der Waals surface area contributed by atoms with E-state index in [1.165, 1.54) is 30.5 Å². The van der Waals surface area contributed by atoms with E-state index in [9.17, 15) is 0 Å². The Morgan fingerprint density at radius 3 is 2.90 bits per heavy atom. The second-order valence-electron chi connectivity index (χ2n) is 6.05. The zero-order valence-electron chi connectivity index (χ0n) is 12.5. The van der Waals surface area contributed by atoms with Crippen molar-refractivity contribution in [3.63, 3.8) is 0 Å². The molecule has 1 aromatic carbocycles. The summed E-state index contributed by atoms with van der Waals surface area (Å²) in [5, 5.41) is 3.38. The Morgan fingerprint density at radius 1 is 1.25 bits per heavy atom. The molecule has 1 fully saturated rings. The Hall–Kier alpha value is -1.06. The van der Waals surface area contributed by atoms with Gasteiger partial charge in [-0.3, -0.25) is 0 Å². The summed E-state index contributed by atoms with van der Waals surface area (Å²) in [6.45, 7) is 6.56. The zero-order valence-corrected chi connectivity index (χ0v) is 12.5. The van der Waals surface area contributed by atoms with Crippen LogP contribution in [0.5, 0.6) is 0 Å². The number of anilines is 1. The van der Waals surface area contributed by atoms with Gasteiger partial charge in [0.15, 0.2) is 0 Å². The molecular weight excluding hydrogens is 248 g/mol. The first-order valence-corrected chi connectivity index (χ1v) is 8.01. The van der Waals surface area contributed by atoms with Gasteiger partial charge in [0.1, 0.15) is 0 Å². The van der Waals surface area contributed by atoms with Gasteiger partial charge in [-0.1, -0.05) is 18.2 Å². The van der Waals surface area contributed by atoms with Crippen LogP contribution >= 0.6 is 0 Å². The molecule has 0 spiro atoms. The molecule has 0 aliphatic carbocycles. The van der Waals surface area contributed by atoms with E-state index in [0.29, 0.717) is 12.1 Å². The van der Waals surface area contributed by atoms with E-state index in [1.807, 2.05) is 0 Å². The summed E-state index contributed by atoms with van der Waals surface area (Å²) in [6.07, 6.45) is 5.14. The van der Waals surface area contributed by atoms with Crippen molar-refractivity contribution >= 4 is 5.69 Å². The van der Waals surface area contributed by atoms with Crippen LogP contribution in [0.2, 0.25) is 0 Å². The van der Waals surface area contributed by atoms with Crippen LogP contribution in [-0.2, 0) is 11.2 Å². The molecule has 0 bridgehead atoms. The van der Waals surface area contributed by atoms with Crippen LogP contribution in [0.3, 0.4) is 0 Å². The molecule has 1 atom stereocenters. The zero-order chi connectivity index (χ0) is 13.8. The van der Waals surface area contributed by atoms with E-state index >= 15 is 0 Å². The molecule has 20 heavy (non-hydrogen) atoms. The highest BCUT2D eigenvalue weighted by atomic mass is 16.5. The van der Waals surface area contributed by atoms with Gasteiger partial charge >= 0.3 is 0 Å². The molecule has 0 amide bonds. The smallest absolute Gasteiger partial charge is 0.0599 e. The Labute approximate surface area is 122 Å². The van der Waals surface area contributed by atoms with Gasteiger partial charge in [-0.25, -0.2) is 0 Å². The first kappa shape index (κ1) is 13.9. The number of hydrogen-bond donors (Lipinski definition) is 1. The predicted octanol–water partition coefficient (Wildman–Crippen LogP) is 2.60. The minimum Gasteiger partial charge on any atom is -0.378 e. The normalized spacial score (nSPS) is 23.1. The third kappa shape index (κ3) is 3.15. The van der Waals surface area contributed by atoms with Crippen LogP contribution in [0.4, 0.5) is 5.69 Å². The topological polar surface area (TPSA) is 24.5 Å². The highest BCUT2D eigenvalue weighted by Gasteiger charge is 2.24. The molecule has 3 nitrogen and oxygen atoms in total. The molecule has 2 heterocycles. The minimum atomic E-state index is 0.486. The summed E-state index contributed by atoms with van der Waals surface area (Å²) in [6, 6.07) is 9.44. The lowest BCUT2D eigenvalue weighted by atomic mass is 10.1. The van der Waals surface area contributed by atoms with Crippen molar-refractivity contribution in [1.29, 1.82) is 0 Å². The van der Waals surface area contributed by atoms with Crippen molar-refractivity contribution in [2.45, 2.75) is 44.8 Å². The van der Waals surface area contributed by atoms with Crippen LogP contribution in [0.25, 0.3) is 0 Å². The number of hydrogen-bond acceptors (Lipinski definition) is 3. The summed E-state index contributed by atoms with van der Waals surface area (Å²) < 4.78 is 6.00. The molecule has 3 rings (SSSR count). The molecular formula is C17H26N2O. The number of rotatable bonds is 5. The number of ether oxygens (including phenoxy) is 1. The standard InChI is InChI=1S/C17H26N2O/c1-14-13-15-5-2-3-6-17(15)19(14)11-4-12-20-16-7-9-18-10-8-16/h2-3,5-6,14,16,18H,4,7-13H2,1H3. The van der Waals surface area contributed by atoms with Crippen LogP contribution in [-0.4, -0.2) is 38.4 Å². The maximum atomic E-state index is 6.00. The van der Waals surface area contributed by atoms with E-state index in [2.05, 4.69) is 41.4 Å². The monoisotopic (exact) mass is 274 g/mol. The summed E-state index contributed by atoms with van der Waals surface area (Å²) in [4.78, 5) is 2.54. The predicted molar refractivity (Wildman–Crippen MR) is 83.4 cm³/mol. The molecule has 1 N–H and O–H groups in total. The van der Waals surface area contributed by atoms with Gasteiger partial charge in [0.2, 0.25) is 0 Å². The van der Waals surface area contributed by atoms with Crippen molar-refractivity contribution in [2.75, 3.05) is 31.1 Å². The Balaban J connectivity index is 1.44. The SMILES string of the molecule is CC1Cc2ccccc2N1CCCOC1CCNCC1. The van der Waals surface area contributed by atoms with Crippen molar-refractivity contribution in [3.8, 4) is 0 Å². The lowest BCUT2D eigenvalue weighted by molar-refractivity contribution is 0.0323. The fourth-order valence-electron chi connectivity index (χ4n) is 3.42. The highest BCUT2D eigenvalue weighted by Crippen LogP contribution is 2.31. The van der Waals surface area contributed by atoms with Crippen LogP contribution in [0.1, 0.15) is 31.7 Å². The number of nitrogens with zero attached hydrogens (tertiary/aromatic N) is 1. The van der Waals surface area contributed by atoms with Crippen molar-refractivity contribution in [1.82, 2.24) is 5.32 Å². The first-order chi connectivity index (χ1) is 9.84. The average Bonchev–Trinajstić information content (AvgIpc) is 2.80. The minimum absolute atomic E-state index is 0.486. The van der Waals surface area contributed by atoms with Gasteiger partial charge in [-0.2, -0.15) is 0 Å². The third-order valence-electron chi connectivity index (χ3n) is 4.53. The molecule has 2 aliphatic heterocycles. The fourth-order valence-corrected chi connectivity index (χ4v) is 3.42. The van der Waals surface area contributed by atoms with Crippen LogP contribution in [0.15, 0.2) is 24.3 Å².